The molecule has 1 atom stereocenters. The van der Waals surface area contributed by atoms with Gasteiger partial charge in [0.15, 0.2) is 11.5 Å². The van der Waals surface area contributed by atoms with Crippen LogP contribution in [0, 0.1) is 0 Å². The van der Waals surface area contributed by atoms with E-state index in [4.69, 9.17) is 20.1 Å². The Bertz CT molecular complexity index is 922. The molecule has 17 nitrogen and oxygen atoms in total. The summed E-state index contributed by atoms with van der Waals surface area (Å²) in [6.45, 7) is 0. The normalized spacial score (nSPS) is 27.3. The molecule has 14 N–H and O–H groups in total. The highest BCUT2D eigenvalue weighted by Gasteiger charge is 2.85. The number of rotatable bonds is 5. The van der Waals surface area contributed by atoms with Crippen LogP contribution in [0.1, 0.15) is 17.9 Å². The predicted molar refractivity (Wildman–Crippen MR) is 92.2 cm³/mol. The highest BCUT2D eigenvalue weighted by molar-refractivity contribution is 5.80. The van der Waals surface area contributed by atoms with E-state index in [1.807, 2.05) is 5.32 Å². The number of hydrogen-bond donors (Lipinski definition) is 14. The van der Waals surface area contributed by atoms with Crippen LogP contribution in [0.4, 0.5) is 0 Å². The molecular formula is C16H21NO16. The first-order valence-electron chi connectivity index (χ1n) is 8.86. The molecule has 17 heteroatoms. The largest absolute Gasteiger partial charge is 0.475 e. The molecule has 0 spiro atoms. The number of amides is 1. The summed E-state index contributed by atoms with van der Waals surface area (Å²) in [5.41, 5.74) is -0.209. The highest BCUT2D eigenvalue weighted by atomic mass is 16.9. The highest BCUT2D eigenvalue weighted by Crippen LogP contribution is 2.50. The Labute approximate surface area is 181 Å². The molecule has 3 rings (SSSR count). The summed E-state index contributed by atoms with van der Waals surface area (Å²) in [5.74, 6) is -24.4. The van der Waals surface area contributed by atoms with Crippen LogP contribution in [-0.4, -0.2) is 114 Å². The maximum atomic E-state index is 11.5. The van der Waals surface area contributed by atoms with Crippen LogP contribution in [0.25, 0.3) is 0 Å². The average molecular weight is 483 g/mol. The van der Waals surface area contributed by atoms with Crippen molar-refractivity contribution < 1.29 is 80.7 Å². The average Bonchev–Trinajstić information content (AvgIpc) is 2.93. The van der Waals surface area contributed by atoms with Gasteiger partial charge in [-0.1, -0.05) is 6.07 Å². The third kappa shape index (κ3) is 3.80. The van der Waals surface area contributed by atoms with Crippen LogP contribution in [0.2, 0.25) is 0 Å². The minimum absolute atomic E-state index is 0.209. The van der Waals surface area contributed by atoms with Crippen molar-refractivity contribution in [3.05, 3.63) is 23.8 Å². The molecule has 1 saturated heterocycles. The van der Waals surface area contributed by atoms with Gasteiger partial charge in [0.1, 0.15) is 0 Å². The molecule has 1 aromatic carbocycles. The van der Waals surface area contributed by atoms with E-state index < -0.39 is 71.1 Å². The number of ether oxygens (including phenoxy) is 2. The van der Waals surface area contributed by atoms with Crippen LogP contribution in [0.3, 0.4) is 0 Å². The minimum Gasteiger partial charge on any atom is -0.475 e. The first-order chi connectivity index (χ1) is 14.6. The topological polar surface area (TPSA) is 311 Å². The van der Waals surface area contributed by atoms with Gasteiger partial charge in [0.05, 0.1) is 5.92 Å². The maximum absolute atomic E-state index is 11.5. The Balaban J connectivity index is 2.11. The fourth-order valence-corrected chi connectivity index (χ4v) is 3.54. The van der Waals surface area contributed by atoms with Crippen molar-refractivity contribution in [3.8, 4) is 11.5 Å². The summed E-state index contributed by atoms with van der Waals surface area (Å²) >= 11 is 0. The minimum atomic E-state index is -4.45. The molecule has 2 fully saturated rings. The van der Waals surface area contributed by atoms with Crippen LogP contribution in [0.15, 0.2) is 18.2 Å². The van der Waals surface area contributed by atoms with Crippen LogP contribution >= 0.6 is 0 Å². The number of benzene rings is 1. The molecule has 1 heterocycles. The number of nitrogens with one attached hydrogen (secondary N) is 1. The first kappa shape index (κ1) is 25.4. The zero-order valence-electron chi connectivity index (χ0n) is 16.1. The zero-order chi connectivity index (χ0) is 25.4. The summed E-state index contributed by atoms with van der Waals surface area (Å²) in [6, 6.07) is 2.44. The van der Waals surface area contributed by atoms with Gasteiger partial charge >= 0.3 is 6.16 Å². The number of hydrogen-bond acceptors (Lipinski definition) is 16. The zero-order valence-corrected chi connectivity index (χ0v) is 16.1. The summed E-state index contributed by atoms with van der Waals surface area (Å²) < 4.78 is 9.21. The second-order valence-electron chi connectivity index (χ2n) is 7.71. The van der Waals surface area contributed by atoms with E-state index in [1.165, 1.54) is 0 Å². The SMILES string of the molecule is O=C1CC(c2ccc(OC(O)(O)O)c(OC3C(O)(O)C(O)(O)C(O)(O)C3(O)O)c2)C(O)(O)N1. The van der Waals surface area contributed by atoms with Crippen molar-refractivity contribution in [2.45, 2.75) is 53.7 Å². The van der Waals surface area contributed by atoms with Crippen molar-refractivity contribution >= 4 is 5.91 Å². The van der Waals surface area contributed by atoms with Crippen LogP contribution < -0.4 is 14.8 Å². The number of carbonyl (C=O) groups excluding carboxylic acids is 1. The molecular weight excluding hydrogens is 462 g/mol. The lowest BCUT2D eigenvalue weighted by atomic mass is 9.94. The lowest BCUT2D eigenvalue weighted by Gasteiger charge is -2.34. The van der Waals surface area contributed by atoms with Crippen molar-refractivity contribution in [3.63, 3.8) is 0 Å². The van der Waals surface area contributed by atoms with E-state index in [-0.39, 0.29) is 5.56 Å². The Morgan fingerprint density at radius 2 is 1.36 bits per heavy atom. The van der Waals surface area contributed by atoms with E-state index in [1.54, 1.807) is 0 Å². The fourth-order valence-electron chi connectivity index (χ4n) is 3.54. The van der Waals surface area contributed by atoms with Gasteiger partial charge in [0.25, 0.3) is 29.1 Å². The van der Waals surface area contributed by atoms with E-state index >= 15 is 0 Å². The summed E-state index contributed by atoms with van der Waals surface area (Å²) in [6.07, 6.45) is -7.56. The van der Waals surface area contributed by atoms with Crippen molar-refractivity contribution in [2.24, 2.45) is 0 Å². The Morgan fingerprint density at radius 3 is 1.79 bits per heavy atom. The molecule has 1 aliphatic carbocycles. The molecule has 1 saturated carbocycles. The molecule has 1 aliphatic heterocycles. The molecule has 1 aromatic rings. The maximum Gasteiger partial charge on any atom is 0.453 e. The van der Waals surface area contributed by atoms with Crippen molar-refractivity contribution in [1.29, 1.82) is 0 Å². The van der Waals surface area contributed by atoms with E-state index in [0.29, 0.717) is 6.07 Å². The molecule has 186 valence electrons. The Kier molecular flexibility index (Phi) is 5.49. The predicted octanol–water partition coefficient (Wildman–Crippen LogP) is -7.62. The monoisotopic (exact) mass is 483 g/mol. The second kappa shape index (κ2) is 7.13. The second-order valence-corrected chi connectivity index (χ2v) is 7.71. The van der Waals surface area contributed by atoms with Gasteiger partial charge in [-0.2, -0.15) is 0 Å². The van der Waals surface area contributed by atoms with Gasteiger partial charge in [0.2, 0.25) is 12.0 Å². The van der Waals surface area contributed by atoms with Gasteiger partial charge in [0, 0.05) is 6.42 Å². The van der Waals surface area contributed by atoms with Crippen molar-refractivity contribution in [1.82, 2.24) is 5.32 Å². The van der Waals surface area contributed by atoms with E-state index in [2.05, 4.69) is 4.74 Å². The number of carbonyl (C=O) groups is 1. The number of aliphatic hydroxyl groups is 13. The summed E-state index contributed by atoms with van der Waals surface area (Å²) in [5, 5.41) is 128. The van der Waals surface area contributed by atoms with E-state index in [9.17, 15) is 55.9 Å². The third-order valence-electron chi connectivity index (χ3n) is 5.30. The van der Waals surface area contributed by atoms with Gasteiger partial charge in [-0.3, -0.25) is 4.79 Å². The first-order valence-corrected chi connectivity index (χ1v) is 8.86. The smallest absolute Gasteiger partial charge is 0.453 e. The molecule has 1 unspecified atom stereocenters. The molecule has 0 radical (unpaired) electrons. The lowest BCUT2D eigenvalue weighted by Crippen LogP contribution is -2.66. The fraction of sp³-hybridized carbons (Fsp3) is 0.562. The van der Waals surface area contributed by atoms with Crippen LogP contribution in [-0.2, 0) is 4.79 Å². The van der Waals surface area contributed by atoms with Gasteiger partial charge < -0.3 is 81.2 Å². The lowest BCUT2D eigenvalue weighted by molar-refractivity contribution is -0.452. The standard InChI is InChI=1S/C16H21NO16/c18-9-4-6(13(23,24)17-9)5-1-2-7(33-16(29,30)31)8(3-5)32-10-11(19,20)14(25,26)15(27,28)12(10,21)22/h1-3,6,10,19-31H,4H2,(H,17,18). The van der Waals surface area contributed by atoms with Crippen molar-refractivity contribution in [2.75, 3.05) is 0 Å². The summed E-state index contributed by atoms with van der Waals surface area (Å²) in [7, 11) is 0. The van der Waals surface area contributed by atoms with E-state index in [0.717, 1.165) is 12.1 Å². The van der Waals surface area contributed by atoms with Crippen LogP contribution in [0.5, 0.6) is 11.5 Å². The van der Waals surface area contributed by atoms with Gasteiger partial charge in [-0.25, -0.2) is 0 Å². The summed E-state index contributed by atoms with van der Waals surface area (Å²) in [4.78, 5) is 11.5. The molecule has 2 aliphatic rings. The Hall–Kier alpha value is -2.23. The van der Waals surface area contributed by atoms with Gasteiger partial charge in [-0.05, 0) is 17.7 Å². The molecule has 0 aromatic heterocycles. The molecule has 1 amide bonds. The quantitative estimate of drug-likeness (QED) is 0.173. The molecule has 33 heavy (non-hydrogen) atoms. The van der Waals surface area contributed by atoms with Gasteiger partial charge in [-0.15, -0.1) is 0 Å². The third-order valence-corrected chi connectivity index (χ3v) is 5.30. The Morgan fingerprint density at radius 1 is 0.848 bits per heavy atom. The molecule has 0 bridgehead atoms.